The topological polar surface area (TPSA) is 116 Å². The van der Waals surface area contributed by atoms with E-state index in [1.165, 1.54) is 29.3 Å². The fourth-order valence-corrected chi connectivity index (χ4v) is 4.07. The largest absolute Gasteiger partial charge is 0.465 e. The van der Waals surface area contributed by atoms with Crippen molar-refractivity contribution in [2.24, 2.45) is 0 Å². The number of benzene rings is 1. The minimum atomic E-state index is -0.514. The van der Waals surface area contributed by atoms with Gasteiger partial charge < -0.3 is 10.1 Å². The van der Waals surface area contributed by atoms with Gasteiger partial charge in [-0.3, -0.25) is 19.6 Å². The Morgan fingerprint density at radius 3 is 2.82 bits per heavy atom. The van der Waals surface area contributed by atoms with Crippen LogP contribution in [0.25, 0.3) is 10.1 Å². The Morgan fingerprint density at radius 1 is 1.43 bits per heavy atom. The molecule has 0 atom stereocenters. The number of anilines is 1. The third-order valence-corrected chi connectivity index (χ3v) is 5.61. The summed E-state index contributed by atoms with van der Waals surface area (Å²) in [5, 5.41) is 18.6. The zero-order valence-electron chi connectivity index (χ0n) is 14.9. The minimum absolute atomic E-state index is 0.0816. The highest BCUT2D eigenvalue weighted by atomic mass is 35.5. The van der Waals surface area contributed by atoms with Crippen LogP contribution in [0.3, 0.4) is 0 Å². The molecule has 0 aliphatic rings. The van der Waals surface area contributed by atoms with E-state index in [-0.39, 0.29) is 24.6 Å². The minimum Gasteiger partial charge on any atom is -0.465 e. The van der Waals surface area contributed by atoms with Crippen LogP contribution in [0.15, 0.2) is 24.4 Å². The zero-order chi connectivity index (χ0) is 20.4. The summed E-state index contributed by atoms with van der Waals surface area (Å²) in [4.78, 5) is 34.6. The number of nitro groups is 1. The van der Waals surface area contributed by atoms with Gasteiger partial charge in [0.25, 0.3) is 0 Å². The van der Waals surface area contributed by atoms with Crippen LogP contribution in [0.1, 0.15) is 21.8 Å². The van der Waals surface area contributed by atoms with Crippen molar-refractivity contribution in [2.75, 3.05) is 12.4 Å². The van der Waals surface area contributed by atoms with Crippen LogP contribution in [0.5, 0.6) is 0 Å². The number of carbonyl (C=O) groups excluding carboxylic acids is 2. The number of aryl methyl sites for hydroxylation is 2. The van der Waals surface area contributed by atoms with E-state index in [0.717, 1.165) is 4.70 Å². The molecular weight excluding hydrogens is 408 g/mol. The molecule has 0 saturated heterocycles. The standard InChI is InChI=1S/C17H15ClN4O5S/c1-9-12(22(25)26)8-21(20-9)6-5-14(23)19-10-3-4-11-13(7-10)28-16(15(11)18)17(24)27-2/h3-4,7-8H,5-6H2,1-2H3,(H,19,23). The number of halogens is 1. The monoisotopic (exact) mass is 422 g/mol. The molecule has 0 bridgehead atoms. The number of methoxy groups -OCH3 is 1. The third kappa shape index (κ3) is 3.97. The Morgan fingerprint density at radius 2 is 2.18 bits per heavy atom. The van der Waals surface area contributed by atoms with Crippen molar-refractivity contribution >= 4 is 56.3 Å². The molecule has 0 radical (unpaired) electrons. The fourth-order valence-electron chi connectivity index (χ4n) is 2.61. The number of hydrogen-bond donors (Lipinski definition) is 1. The summed E-state index contributed by atoms with van der Waals surface area (Å²) in [6, 6.07) is 5.12. The van der Waals surface area contributed by atoms with Gasteiger partial charge in [-0.1, -0.05) is 11.6 Å². The van der Waals surface area contributed by atoms with Gasteiger partial charge in [0.15, 0.2) is 0 Å². The summed E-state index contributed by atoms with van der Waals surface area (Å²) in [5.41, 5.74) is 0.767. The van der Waals surface area contributed by atoms with Crippen LogP contribution in [-0.4, -0.2) is 33.7 Å². The first-order chi connectivity index (χ1) is 13.3. The van der Waals surface area contributed by atoms with Crippen LogP contribution >= 0.6 is 22.9 Å². The van der Waals surface area contributed by atoms with Crippen molar-refractivity contribution in [3.63, 3.8) is 0 Å². The number of amides is 1. The van der Waals surface area contributed by atoms with Gasteiger partial charge in [-0.15, -0.1) is 11.3 Å². The first-order valence-corrected chi connectivity index (χ1v) is 9.28. The molecule has 11 heteroatoms. The number of hydrogen-bond acceptors (Lipinski definition) is 7. The Kier molecular flexibility index (Phi) is 5.61. The Labute approximate surface area is 168 Å². The fraction of sp³-hybridized carbons (Fsp3) is 0.235. The molecule has 0 aliphatic heterocycles. The van der Waals surface area contributed by atoms with Crippen molar-refractivity contribution in [1.29, 1.82) is 0 Å². The molecule has 1 amide bonds. The summed E-state index contributed by atoms with van der Waals surface area (Å²) >= 11 is 7.39. The molecule has 0 spiro atoms. The SMILES string of the molecule is COC(=O)c1sc2cc(NC(=O)CCn3cc([N+](=O)[O-])c(C)n3)ccc2c1Cl. The number of rotatable bonds is 6. The normalized spacial score (nSPS) is 10.8. The van der Waals surface area contributed by atoms with E-state index in [4.69, 9.17) is 16.3 Å². The molecule has 2 heterocycles. The van der Waals surface area contributed by atoms with Crippen molar-refractivity contribution < 1.29 is 19.2 Å². The molecule has 0 fully saturated rings. The highest BCUT2D eigenvalue weighted by molar-refractivity contribution is 7.21. The highest BCUT2D eigenvalue weighted by Crippen LogP contribution is 2.37. The number of carbonyl (C=O) groups is 2. The van der Waals surface area contributed by atoms with E-state index >= 15 is 0 Å². The van der Waals surface area contributed by atoms with Crippen molar-refractivity contribution in [3.05, 3.63) is 50.1 Å². The summed E-state index contributed by atoms with van der Waals surface area (Å²) in [7, 11) is 1.28. The lowest BCUT2D eigenvalue weighted by atomic mass is 10.2. The number of thiophene rings is 1. The van der Waals surface area contributed by atoms with E-state index in [1.54, 1.807) is 25.1 Å². The van der Waals surface area contributed by atoms with E-state index in [9.17, 15) is 19.7 Å². The van der Waals surface area contributed by atoms with Gasteiger partial charge in [0, 0.05) is 28.7 Å². The Balaban J connectivity index is 1.68. The first-order valence-electron chi connectivity index (χ1n) is 8.08. The average molecular weight is 423 g/mol. The van der Waals surface area contributed by atoms with Crippen molar-refractivity contribution in [3.8, 4) is 0 Å². The van der Waals surface area contributed by atoms with Crippen LogP contribution in [0.4, 0.5) is 11.4 Å². The number of ether oxygens (including phenoxy) is 1. The predicted octanol–water partition coefficient (Wildman–Crippen LogP) is 3.78. The van der Waals surface area contributed by atoms with Crippen molar-refractivity contribution in [2.45, 2.75) is 19.9 Å². The van der Waals surface area contributed by atoms with Crippen LogP contribution in [0, 0.1) is 17.0 Å². The number of esters is 1. The van der Waals surface area contributed by atoms with E-state index in [0.29, 0.717) is 26.7 Å². The van der Waals surface area contributed by atoms with Crippen LogP contribution in [-0.2, 0) is 16.1 Å². The summed E-state index contributed by atoms with van der Waals surface area (Å²) < 4.78 is 6.82. The van der Waals surface area contributed by atoms with Crippen LogP contribution in [0.2, 0.25) is 5.02 Å². The van der Waals surface area contributed by atoms with E-state index in [1.807, 2.05) is 0 Å². The lowest BCUT2D eigenvalue weighted by Crippen LogP contribution is -2.14. The maximum atomic E-state index is 12.2. The molecule has 0 aliphatic carbocycles. The molecule has 146 valence electrons. The Bertz CT molecular complexity index is 1090. The molecule has 1 aromatic carbocycles. The zero-order valence-corrected chi connectivity index (χ0v) is 16.5. The molecule has 2 aromatic heterocycles. The van der Waals surface area contributed by atoms with Gasteiger partial charge >= 0.3 is 11.7 Å². The molecule has 9 nitrogen and oxygen atoms in total. The number of nitrogens with one attached hydrogen (secondary N) is 1. The number of fused-ring (bicyclic) bond motifs is 1. The highest BCUT2D eigenvalue weighted by Gasteiger charge is 2.18. The quantitative estimate of drug-likeness (QED) is 0.367. The van der Waals surface area contributed by atoms with Crippen molar-refractivity contribution in [1.82, 2.24) is 9.78 Å². The number of aromatic nitrogens is 2. The molecule has 0 saturated carbocycles. The van der Waals surface area contributed by atoms with Gasteiger partial charge in [0.05, 0.1) is 17.1 Å². The van der Waals surface area contributed by atoms with Gasteiger partial charge in [-0.05, 0) is 25.1 Å². The molecule has 28 heavy (non-hydrogen) atoms. The lowest BCUT2D eigenvalue weighted by molar-refractivity contribution is -0.385. The molecular formula is C17H15ClN4O5S. The van der Waals surface area contributed by atoms with Gasteiger partial charge in [-0.2, -0.15) is 5.10 Å². The third-order valence-electron chi connectivity index (χ3n) is 3.97. The smallest absolute Gasteiger partial charge is 0.349 e. The first kappa shape index (κ1) is 19.8. The van der Waals surface area contributed by atoms with Gasteiger partial charge in [-0.25, -0.2) is 4.79 Å². The maximum Gasteiger partial charge on any atom is 0.349 e. The molecule has 1 N–H and O–H groups in total. The summed E-state index contributed by atoms with van der Waals surface area (Å²) in [5.74, 6) is -0.786. The summed E-state index contributed by atoms with van der Waals surface area (Å²) in [6.07, 6.45) is 1.39. The average Bonchev–Trinajstić information content (AvgIpc) is 3.19. The molecule has 0 unspecified atom stereocenters. The second-order valence-corrected chi connectivity index (χ2v) is 7.30. The van der Waals surface area contributed by atoms with E-state index in [2.05, 4.69) is 10.4 Å². The molecule has 3 aromatic rings. The van der Waals surface area contributed by atoms with E-state index < -0.39 is 10.9 Å². The Hall–Kier alpha value is -2.98. The second-order valence-electron chi connectivity index (χ2n) is 5.87. The maximum absolute atomic E-state index is 12.2. The van der Waals surface area contributed by atoms with Gasteiger partial charge in [0.2, 0.25) is 5.91 Å². The van der Waals surface area contributed by atoms with Gasteiger partial charge in [0.1, 0.15) is 16.8 Å². The second kappa shape index (κ2) is 7.95. The van der Waals surface area contributed by atoms with Crippen LogP contribution < -0.4 is 5.32 Å². The summed E-state index contributed by atoms with van der Waals surface area (Å²) in [6.45, 7) is 1.75. The lowest BCUT2D eigenvalue weighted by Gasteiger charge is -2.05. The molecule has 3 rings (SSSR count). The predicted molar refractivity (Wildman–Crippen MR) is 105 cm³/mol. The number of nitrogens with zero attached hydrogens (tertiary/aromatic N) is 3.